The molecule has 0 spiro atoms. The summed E-state index contributed by atoms with van der Waals surface area (Å²) >= 11 is 18.1. The lowest BCUT2D eigenvalue weighted by molar-refractivity contribution is -0.116. The number of benzene rings is 1. The molecule has 0 saturated carbocycles. The van der Waals surface area contributed by atoms with Gasteiger partial charge in [-0.05, 0) is 31.5 Å². The van der Waals surface area contributed by atoms with E-state index in [1.165, 1.54) is 0 Å². The van der Waals surface area contributed by atoms with Crippen molar-refractivity contribution in [1.29, 1.82) is 0 Å². The van der Waals surface area contributed by atoms with Gasteiger partial charge in [0.2, 0.25) is 5.91 Å². The number of nitrogens with one attached hydrogen (secondary N) is 1. The predicted molar refractivity (Wildman–Crippen MR) is 108 cm³/mol. The number of amides is 1. The Morgan fingerprint density at radius 1 is 1.11 bits per heavy atom. The standard InChI is InChI=1S/C18H18Cl3N5O/c1-11-18(21)12(2)26(23-11)8-6-17(27)22-16-5-7-25(24-16)10-13-3-4-14(19)15(20)9-13/h3-5,7,9H,6,8,10H2,1-2H3,(H,22,24,27). The van der Waals surface area contributed by atoms with Crippen LogP contribution in [0, 0.1) is 13.8 Å². The first-order valence-electron chi connectivity index (χ1n) is 8.30. The van der Waals surface area contributed by atoms with Gasteiger partial charge in [0.05, 0.1) is 39.5 Å². The molecule has 0 atom stereocenters. The molecule has 1 N–H and O–H groups in total. The van der Waals surface area contributed by atoms with E-state index in [1.54, 1.807) is 33.8 Å². The second-order valence-electron chi connectivity index (χ2n) is 6.15. The molecule has 2 aromatic heterocycles. The first kappa shape index (κ1) is 19.7. The van der Waals surface area contributed by atoms with Crippen LogP contribution in [-0.2, 0) is 17.9 Å². The number of carbonyl (C=O) groups is 1. The lowest BCUT2D eigenvalue weighted by Crippen LogP contribution is -2.16. The van der Waals surface area contributed by atoms with Crippen molar-refractivity contribution in [2.75, 3.05) is 5.32 Å². The summed E-state index contributed by atoms with van der Waals surface area (Å²) in [5.41, 5.74) is 2.58. The molecule has 3 rings (SSSR count). The Morgan fingerprint density at radius 2 is 1.89 bits per heavy atom. The summed E-state index contributed by atoms with van der Waals surface area (Å²) in [4.78, 5) is 12.2. The van der Waals surface area contributed by atoms with E-state index in [0.29, 0.717) is 34.0 Å². The molecule has 0 radical (unpaired) electrons. The molecule has 1 amide bonds. The summed E-state index contributed by atoms with van der Waals surface area (Å²) in [6, 6.07) is 7.17. The Hall–Kier alpha value is -2.02. The van der Waals surface area contributed by atoms with Crippen LogP contribution in [0.15, 0.2) is 30.5 Å². The van der Waals surface area contributed by atoms with E-state index in [-0.39, 0.29) is 12.3 Å². The molecule has 0 aliphatic heterocycles. The number of hydrogen-bond donors (Lipinski definition) is 1. The van der Waals surface area contributed by atoms with Gasteiger partial charge >= 0.3 is 0 Å². The van der Waals surface area contributed by atoms with Crippen LogP contribution in [0.2, 0.25) is 15.1 Å². The minimum Gasteiger partial charge on any atom is -0.309 e. The zero-order valence-electron chi connectivity index (χ0n) is 14.8. The van der Waals surface area contributed by atoms with Crippen molar-refractivity contribution in [2.45, 2.75) is 33.4 Å². The number of halogens is 3. The molecule has 9 heteroatoms. The third-order valence-electron chi connectivity index (χ3n) is 4.08. The zero-order chi connectivity index (χ0) is 19.6. The number of carbonyl (C=O) groups excluding carboxylic acids is 1. The minimum absolute atomic E-state index is 0.140. The average molecular weight is 427 g/mol. The summed E-state index contributed by atoms with van der Waals surface area (Å²) < 4.78 is 3.45. The molecule has 0 unspecified atom stereocenters. The zero-order valence-corrected chi connectivity index (χ0v) is 17.1. The van der Waals surface area contributed by atoms with Gasteiger partial charge in [0.25, 0.3) is 0 Å². The molecule has 0 fully saturated rings. The first-order chi connectivity index (χ1) is 12.8. The predicted octanol–water partition coefficient (Wildman–Crippen LogP) is 4.73. The van der Waals surface area contributed by atoms with Gasteiger partial charge in [-0.25, -0.2) is 0 Å². The molecule has 2 heterocycles. The summed E-state index contributed by atoms with van der Waals surface area (Å²) in [6.07, 6.45) is 2.07. The second-order valence-corrected chi connectivity index (χ2v) is 7.35. The van der Waals surface area contributed by atoms with Crippen LogP contribution >= 0.6 is 34.8 Å². The van der Waals surface area contributed by atoms with Crippen LogP contribution in [-0.4, -0.2) is 25.5 Å². The van der Waals surface area contributed by atoms with Crippen molar-refractivity contribution in [2.24, 2.45) is 0 Å². The molecule has 0 aliphatic rings. The molecular weight excluding hydrogens is 409 g/mol. The molecule has 3 aromatic rings. The fourth-order valence-corrected chi connectivity index (χ4v) is 3.10. The molecule has 1 aromatic carbocycles. The summed E-state index contributed by atoms with van der Waals surface area (Å²) in [7, 11) is 0. The Labute approximate surface area is 172 Å². The maximum absolute atomic E-state index is 12.2. The smallest absolute Gasteiger partial charge is 0.227 e. The van der Waals surface area contributed by atoms with Crippen molar-refractivity contribution in [3.05, 3.63) is 62.5 Å². The largest absolute Gasteiger partial charge is 0.309 e. The summed E-state index contributed by atoms with van der Waals surface area (Å²) in [5, 5.41) is 13.1. The number of aryl methyl sites for hydroxylation is 2. The van der Waals surface area contributed by atoms with Crippen LogP contribution in [0.25, 0.3) is 0 Å². The third-order valence-corrected chi connectivity index (χ3v) is 5.37. The fraction of sp³-hybridized carbons (Fsp3) is 0.278. The number of rotatable bonds is 6. The molecule has 27 heavy (non-hydrogen) atoms. The lowest BCUT2D eigenvalue weighted by Gasteiger charge is -2.05. The Morgan fingerprint density at radius 3 is 2.56 bits per heavy atom. The number of anilines is 1. The van der Waals surface area contributed by atoms with Crippen LogP contribution < -0.4 is 5.32 Å². The highest BCUT2D eigenvalue weighted by molar-refractivity contribution is 6.42. The highest BCUT2D eigenvalue weighted by Gasteiger charge is 2.11. The topological polar surface area (TPSA) is 64.7 Å². The van der Waals surface area contributed by atoms with E-state index in [9.17, 15) is 4.79 Å². The van der Waals surface area contributed by atoms with Gasteiger partial charge in [-0.2, -0.15) is 10.2 Å². The van der Waals surface area contributed by atoms with Crippen molar-refractivity contribution in [3.63, 3.8) is 0 Å². The Balaban J connectivity index is 1.55. The number of aromatic nitrogens is 4. The van der Waals surface area contributed by atoms with Crippen LogP contribution in [0.5, 0.6) is 0 Å². The van der Waals surface area contributed by atoms with E-state index in [0.717, 1.165) is 17.0 Å². The molecular formula is C18H18Cl3N5O. The molecule has 0 aliphatic carbocycles. The highest BCUT2D eigenvalue weighted by atomic mass is 35.5. The van der Waals surface area contributed by atoms with E-state index in [4.69, 9.17) is 34.8 Å². The summed E-state index contributed by atoms with van der Waals surface area (Å²) in [5.74, 6) is 0.352. The SMILES string of the molecule is Cc1nn(CCC(=O)Nc2ccn(Cc3ccc(Cl)c(Cl)c3)n2)c(C)c1Cl. The third kappa shape index (κ3) is 4.83. The highest BCUT2D eigenvalue weighted by Crippen LogP contribution is 2.23. The van der Waals surface area contributed by atoms with Gasteiger partial charge < -0.3 is 5.32 Å². The minimum atomic E-state index is -0.140. The second kappa shape index (κ2) is 8.33. The molecule has 0 bridgehead atoms. The van der Waals surface area contributed by atoms with Gasteiger partial charge in [0, 0.05) is 18.7 Å². The average Bonchev–Trinajstić information content (AvgIpc) is 3.16. The van der Waals surface area contributed by atoms with E-state index in [1.807, 2.05) is 19.9 Å². The van der Waals surface area contributed by atoms with E-state index < -0.39 is 0 Å². The van der Waals surface area contributed by atoms with Crippen molar-refractivity contribution >= 4 is 46.5 Å². The maximum atomic E-state index is 12.2. The van der Waals surface area contributed by atoms with Gasteiger partial charge in [0.1, 0.15) is 0 Å². The first-order valence-corrected chi connectivity index (χ1v) is 9.43. The van der Waals surface area contributed by atoms with Crippen LogP contribution in [0.4, 0.5) is 5.82 Å². The van der Waals surface area contributed by atoms with Gasteiger partial charge in [-0.3, -0.25) is 14.2 Å². The van der Waals surface area contributed by atoms with E-state index in [2.05, 4.69) is 15.5 Å². The van der Waals surface area contributed by atoms with Gasteiger partial charge in [-0.1, -0.05) is 40.9 Å². The maximum Gasteiger partial charge on any atom is 0.227 e. The fourth-order valence-electron chi connectivity index (χ4n) is 2.65. The number of hydrogen-bond acceptors (Lipinski definition) is 3. The number of nitrogens with zero attached hydrogens (tertiary/aromatic N) is 4. The van der Waals surface area contributed by atoms with Crippen LogP contribution in [0.3, 0.4) is 0 Å². The van der Waals surface area contributed by atoms with Gasteiger partial charge in [0.15, 0.2) is 5.82 Å². The monoisotopic (exact) mass is 425 g/mol. The van der Waals surface area contributed by atoms with Gasteiger partial charge in [-0.15, -0.1) is 0 Å². The van der Waals surface area contributed by atoms with Crippen LogP contribution in [0.1, 0.15) is 23.4 Å². The molecule has 0 saturated heterocycles. The lowest BCUT2D eigenvalue weighted by atomic mass is 10.2. The Kier molecular flexibility index (Phi) is 6.09. The Bertz CT molecular complexity index is 980. The molecule has 6 nitrogen and oxygen atoms in total. The van der Waals surface area contributed by atoms with Crippen molar-refractivity contribution < 1.29 is 4.79 Å². The van der Waals surface area contributed by atoms with Crippen molar-refractivity contribution in [3.8, 4) is 0 Å². The van der Waals surface area contributed by atoms with E-state index >= 15 is 0 Å². The molecule has 142 valence electrons. The normalized spacial score (nSPS) is 11.0. The van der Waals surface area contributed by atoms with Crippen molar-refractivity contribution in [1.82, 2.24) is 19.6 Å². The summed E-state index contributed by atoms with van der Waals surface area (Å²) in [6.45, 7) is 4.70. The quantitative estimate of drug-likeness (QED) is 0.619.